The molecule has 0 atom stereocenters. The number of nitrogens with one attached hydrogen (secondary N) is 1. The van der Waals surface area contributed by atoms with Gasteiger partial charge in [-0.05, 0) is 57.4 Å². The van der Waals surface area contributed by atoms with Gasteiger partial charge >= 0.3 is 5.97 Å². The maximum Gasteiger partial charge on any atom is 0.307 e. The average Bonchev–Trinajstić information content (AvgIpc) is 3.23. The Morgan fingerprint density at radius 3 is 2.60 bits per heavy atom. The number of benzene rings is 1. The Kier molecular flexibility index (Phi) is 4.37. The van der Waals surface area contributed by atoms with Crippen molar-refractivity contribution in [3.8, 4) is 0 Å². The van der Waals surface area contributed by atoms with Crippen LogP contribution in [0.1, 0.15) is 61.3 Å². The van der Waals surface area contributed by atoms with E-state index < -0.39 is 5.97 Å². The van der Waals surface area contributed by atoms with Crippen LogP contribution in [0, 0.1) is 0 Å². The summed E-state index contributed by atoms with van der Waals surface area (Å²) in [5, 5.41) is 16.2. The van der Waals surface area contributed by atoms with E-state index >= 15 is 0 Å². The van der Waals surface area contributed by atoms with Crippen LogP contribution < -0.4 is 5.32 Å². The fraction of sp³-hybridized carbons (Fsp3) is 0.421. The molecule has 1 aromatic carbocycles. The molecule has 1 aliphatic carbocycles. The fourth-order valence-electron chi connectivity index (χ4n) is 2.84. The second-order valence-electron chi connectivity index (χ2n) is 7.54. The van der Waals surface area contributed by atoms with Gasteiger partial charge in [0.05, 0.1) is 12.0 Å². The van der Waals surface area contributed by atoms with Gasteiger partial charge in [0.2, 0.25) is 0 Å². The summed E-state index contributed by atoms with van der Waals surface area (Å²) >= 11 is 0. The van der Waals surface area contributed by atoms with Gasteiger partial charge in [-0.1, -0.05) is 12.1 Å². The summed E-state index contributed by atoms with van der Waals surface area (Å²) < 4.78 is 1.94. The van der Waals surface area contributed by atoms with Gasteiger partial charge in [-0.2, -0.15) is 5.10 Å². The minimum absolute atomic E-state index is 0.0752. The molecule has 0 spiro atoms. The molecule has 132 valence electrons. The third-order valence-electron chi connectivity index (χ3n) is 4.14. The first-order chi connectivity index (χ1) is 11.7. The van der Waals surface area contributed by atoms with Crippen molar-refractivity contribution in [2.75, 3.05) is 5.32 Å². The molecule has 0 bridgehead atoms. The molecule has 1 saturated carbocycles. The fourth-order valence-corrected chi connectivity index (χ4v) is 2.84. The van der Waals surface area contributed by atoms with Crippen molar-refractivity contribution in [2.45, 2.75) is 51.5 Å². The monoisotopic (exact) mass is 341 g/mol. The molecule has 1 amide bonds. The third kappa shape index (κ3) is 4.07. The van der Waals surface area contributed by atoms with Crippen molar-refractivity contribution >= 4 is 17.6 Å². The molecule has 2 aromatic rings. The Bertz CT molecular complexity index is 814. The molecule has 0 saturated heterocycles. The lowest BCUT2D eigenvalue weighted by molar-refractivity contribution is -0.136. The highest BCUT2D eigenvalue weighted by Gasteiger charge is 2.32. The summed E-state index contributed by atoms with van der Waals surface area (Å²) in [4.78, 5) is 23.4. The van der Waals surface area contributed by atoms with Crippen LogP contribution in [-0.4, -0.2) is 26.8 Å². The molecular weight excluding hydrogens is 318 g/mol. The van der Waals surface area contributed by atoms with E-state index in [4.69, 9.17) is 5.11 Å². The van der Waals surface area contributed by atoms with Crippen molar-refractivity contribution in [1.82, 2.24) is 9.78 Å². The normalized spacial score (nSPS) is 14.4. The van der Waals surface area contributed by atoms with E-state index in [1.165, 1.54) is 0 Å². The van der Waals surface area contributed by atoms with E-state index in [-0.39, 0.29) is 17.9 Å². The lowest BCUT2D eigenvalue weighted by Crippen LogP contribution is -2.25. The van der Waals surface area contributed by atoms with E-state index in [1.54, 1.807) is 24.3 Å². The second-order valence-corrected chi connectivity index (χ2v) is 7.54. The van der Waals surface area contributed by atoms with E-state index in [0.29, 0.717) is 22.9 Å². The standard InChI is InChI=1S/C19H23N3O3/c1-19(2,3)22-16(13-7-8-13)11-15(21-22)18(25)20-14-6-4-5-12(9-14)10-17(23)24/h4-6,9,11,13H,7-8,10H2,1-3H3,(H,20,25)(H,23,24). The molecule has 2 N–H and O–H groups in total. The van der Waals surface area contributed by atoms with E-state index in [0.717, 1.165) is 18.5 Å². The van der Waals surface area contributed by atoms with Gasteiger partial charge in [0.25, 0.3) is 5.91 Å². The van der Waals surface area contributed by atoms with Crippen LogP contribution in [-0.2, 0) is 16.8 Å². The van der Waals surface area contributed by atoms with Crippen molar-refractivity contribution in [2.24, 2.45) is 0 Å². The van der Waals surface area contributed by atoms with Gasteiger partial charge in [-0.3, -0.25) is 14.3 Å². The van der Waals surface area contributed by atoms with Crippen LogP contribution in [0.15, 0.2) is 30.3 Å². The topological polar surface area (TPSA) is 84.2 Å². The molecule has 6 nitrogen and oxygen atoms in total. The van der Waals surface area contributed by atoms with E-state index in [1.807, 2.05) is 10.7 Å². The third-order valence-corrected chi connectivity index (χ3v) is 4.14. The zero-order chi connectivity index (χ0) is 18.2. The number of carbonyl (C=O) groups is 2. The number of nitrogens with zero attached hydrogens (tertiary/aromatic N) is 2. The molecular formula is C19H23N3O3. The van der Waals surface area contributed by atoms with Crippen LogP contribution in [0.25, 0.3) is 0 Å². The van der Waals surface area contributed by atoms with Crippen LogP contribution in [0.4, 0.5) is 5.69 Å². The molecule has 1 aromatic heterocycles. The van der Waals surface area contributed by atoms with Gasteiger partial charge in [0.15, 0.2) is 5.69 Å². The molecule has 6 heteroatoms. The smallest absolute Gasteiger partial charge is 0.307 e. The number of carboxylic acid groups (broad SMARTS) is 1. The Morgan fingerprint density at radius 1 is 1.28 bits per heavy atom. The van der Waals surface area contributed by atoms with Gasteiger partial charge in [0, 0.05) is 17.3 Å². The number of amides is 1. The number of carboxylic acids is 1. The maximum absolute atomic E-state index is 12.6. The van der Waals surface area contributed by atoms with Crippen LogP contribution >= 0.6 is 0 Å². The average molecular weight is 341 g/mol. The number of hydrogen-bond acceptors (Lipinski definition) is 3. The minimum atomic E-state index is -0.901. The number of hydrogen-bond donors (Lipinski definition) is 2. The lowest BCUT2D eigenvalue weighted by Gasteiger charge is -2.22. The largest absolute Gasteiger partial charge is 0.481 e. The van der Waals surface area contributed by atoms with Crippen LogP contribution in [0.3, 0.4) is 0 Å². The Labute approximate surface area is 146 Å². The molecule has 1 aliphatic rings. The first kappa shape index (κ1) is 17.2. The molecule has 0 radical (unpaired) electrons. The molecule has 3 rings (SSSR count). The van der Waals surface area contributed by atoms with Crippen molar-refractivity contribution in [3.63, 3.8) is 0 Å². The highest BCUT2D eigenvalue weighted by molar-refractivity contribution is 6.03. The summed E-state index contributed by atoms with van der Waals surface area (Å²) in [6.07, 6.45) is 2.20. The van der Waals surface area contributed by atoms with Crippen LogP contribution in [0.5, 0.6) is 0 Å². The first-order valence-corrected chi connectivity index (χ1v) is 8.46. The quantitative estimate of drug-likeness (QED) is 0.873. The lowest BCUT2D eigenvalue weighted by atomic mass is 10.1. The molecule has 0 aliphatic heterocycles. The van der Waals surface area contributed by atoms with Crippen molar-refractivity contribution in [1.29, 1.82) is 0 Å². The first-order valence-electron chi connectivity index (χ1n) is 8.46. The number of anilines is 1. The minimum Gasteiger partial charge on any atom is -0.481 e. The van der Waals surface area contributed by atoms with Gasteiger partial charge in [0.1, 0.15) is 0 Å². The Morgan fingerprint density at radius 2 is 2.00 bits per heavy atom. The van der Waals surface area contributed by atoms with Gasteiger partial charge < -0.3 is 10.4 Å². The summed E-state index contributed by atoms with van der Waals surface area (Å²) in [5.74, 6) is -0.689. The predicted octanol–water partition coefficient (Wildman–Crippen LogP) is 3.39. The van der Waals surface area contributed by atoms with Crippen molar-refractivity contribution in [3.05, 3.63) is 47.3 Å². The molecule has 0 unspecified atom stereocenters. The van der Waals surface area contributed by atoms with E-state index in [2.05, 4.69) is 31.2 Å². The van der Waals surface area contributed by atoms with Gasteiger partial charge in [-0.15, -0.1) is 0 Å². The second kappa shape index (κ2) is 6.35. The van der Waals surface area contributed by atoms with E-state index in [9.17, 15) is 9.59 Å². The SMILES string of the molecule is CC(C)(C)n1nc(C(=O)Nc2cccc(CC(=O)O)c2)cc1C1CC1. The summed E-state index contributed by atoms with van der Waals surface area (Å²) in [5.41, 5.74) is 2.53. The van der Waals surface area contributed by atoms with Crippen molar-refractivity contribution < 1.29 is 14.7 Å². The summed E-state index contributed by atoms with van der Waals surface area (Å²) in [6, 6.07) is 8.75. The van der Waals surface area contributed by atoms with Gasteiger partial charge in [-0.25, -0.2) is 0 Å². The zero-order valence-electron chi connectivity index (χ0n) is 14.7. The highest BCUT2D eigenvalue weighted by Crippen LogP contribution is 2.41. The Balaban J connectivity index is 1.81. The number of aliphatic carboxylic acids is 1. The maximum atomic E-state index is 12.6. The Hall–Kier alpha value is -2.63. The summed E-state index contributed by atoms with van der Waals surface area (Å²) in [6.45, 7) is 6.22. The molecule has 25 heavy (non-hydrogen) atoms. The predicted molar refractivity (Wildman–Crippen MR) is 94.9 cm³/mol. The number of aromatic nitrogens is 2. The summed E-state index contributed by atoms with van der Waals surface area (Å²) in [7, 11) is 0. The number of carbonyl (C=O) groups excluding carboxylic acids is 1. The zero-order valence-corrected chi connectivity index (χ0v) is 14.7. The number of rotatable bonds is 5. The highest BCUT2D eigenvalue weighted by atomic mass is 16.4. The van der Waals surface area contributed by atoms with Crippen LogP contribution in [0.2, 0.25) is 0 Å². The molecule has 1 fully saturated rings. The molecule has 1 heterocycles.